The summed E-state index contributed by atoms with van der Waals surface area (Å²) >= 11 is 1.97. The zero-order valence-corrected chi connectivity index (χ0v) is 11.4. The molecule has 5 heteroatoms. The molecule has 0 atom stereocenters. The van der Waals surface area contributed by atoms with E-state index in [0.717, 1.165) is 35.9 Å². The number of nitrogens with two attached hydrogens (primary N) is 2. The van der Waals surface area contributed by atoms with Crippen molar-refractivity contribution in [2.24, 2.45) is 5.73 Å². The molecule has 1 aromatic rings. The van der Waals surface area contributed by atoms with E-state index < -0.39 is 0 Å². The van der Waals surface area contributed by atoms with E-state index in [0.29, 0.717) is 11.4 Å². The molecule has 0 spiro atoms. The van der Waals surface area contributed by atoms with Crippen LogP contribution in [0.3, 0.4) is 0 Å². The normalized spacial score (nSPS) is 16.7. The van der Waals surface area contributed by atoms with E-state index in [1.807, 2.05) is 30.0 Å². The molecule has 2 rings (SSSR count). The lowest BCUT2D eigenvalue weighted by atomic mass is 10.1. The van der Waals surface area contributed by atoms with Gasteiger partial charge in [0.05, 0.1) is 18.5 Å². The molecule has 18 heavy (non-hydrogen) atoms. The Balaban J connectivity index is 2.33. The average Bonchev–Trinajstić information content (AvgIpc) is 2.43. The maximum atomic E-state index is 6.12. The summed E-state index contributed by atoms with van der Waals surface area (Å²) in [5.41, 5.74) is 14.5. The summed E-state index contributed by atoms with van der Waals surface area (Å²) in [6, 6.07) is 5.78. The van der Waals surface area contributed by atoms with E-state index in [4.69, 9.17) is 16.2 Å². The lowest BCUT2D eigenvalue weighted by Gasteiger charge is -2.31. The minimum atomic E-state index is 0.648. The Labute approximate surface area is 112 Å². The van der Waals surface area contributed by atoms with Crippen LogP contribution in [-0.4, -0.2) is 36.6 Å². The molecule has 0 aromatic heterocycles. The highest BCUT2D eigenvalue weighted by Gasteiger charge is 2.18. The number of nitrogen functional groups attached to an aromatic ring is 1. The van der Waals surface area contributed by atoms with Gasteiger partial charge in [0.25, 0.3) is 0 Å². The summed E-state index contributed by atoms with van der Waals surface area (Å²) in [7, 11) is 1.62. The van der Waals surface area contributed by atoms with Crippen LogP contribution in [0.4, 0.5) is 5.69 Å². The second kappa shape index (κ2) is 5.91. The minimum absolute atomic E-state index is 0.648. The number of benzene rings is 1. The van der Waals surface area contributed by atoms with Crippen molar-refractivity contribution in [3.05, 3.63) is 30.0 Å². The first-order chi connectivity index (χ1) is 8.77. The molecule has 1 aliphatic rings. The van der Waals surface area contributed by atoms with Gasteiger partial charge in [-0.05, 0) is 6.07 Å². The molecule has 0 aliphatic carbocycles. The molecule has 0 unspecified atom stereocenters. The second-order valence-electron chi connectivity index (χ2n) is 4.07. The maximum Gasteiger partial charge on any atom is 0.142 e. The van der Waals surface area contributed by atoms with Gasteiger partial charge in [-0.15, -0.1) is 0 Å². The Morgan fingerprint density at radius 1 is 1.39 bits per heavy atom. The third kappa shape index (κ3) is 2.51. The Bertz CT molecular complexity index is 442. The predicted octanol–water partition coefficient (Wildman–Crippen LogP) is 1.58. The van der Waals surface area contributed by atoms with Gasteiger partial charge in [0.15, 0.2) is 0 Å². The van der Waals surface area contributed by atoms with Crippen LogP contribution in [0.15, 0.2) is 24.4 Å². The zero-order chi connectivity index (χ0) is 13.0. The number of ether oxygens (including phenoxy) is 1. The summed E-state index contributed by atoms with van der Waals surface area (Å²) in [6.45, 7) is 2.01. The van der Waals surface area contributed by atoms with Crippen molar-refractivity contribution >= 4 is 23.1 Å². The van der Waals surface area contributed by atoms with Crippen LogP contribution in [0.2, 0.25) is 0 Å². The number of hydrogen-bond acceptors (Lipinski definition) is 5. The lowest BCUT2D eigenvalue weighted by molar-refractivity contribution is 0.415. The predicted molar refractivity (Wildman–Crippen MR) is 78.5 cm³/mol. The van der Waals surface area contributed by atoms with Crippen LogP contribution < -0.4 is 16.2 Å². The molecule has 1 aromatic carbocycles. The fraction of sp³-hybridized carbons (Fsp3) is 0.385. The Morgan fingerprint density at radius 3 is 2.72 bits per heavy atom. The minimum Gasteiger partial charge on any atom is -0.495 e. The van der Waals surface area contributed by atoms with Crippen LogP contribution in [0.25, 0.3) is 5.70 Å². The van der Waals surface area contributed by atoms with Gasteiger partial charge in [-0.1, -0.05) is 12.1 Å². The lowest BCUT2D eigenvalue weighted by Crippen LogP contribution is -2.31. The number of para-hydroxylation sites is 1. The SMILES string of the molecule is COc1cccc(/C(=C\N)N2CCSCC2)c1N. The number of methoxy groups -OCH3 is 1. The summed E-state index contributed by atoms with van der Waals surface area (Å²) in [6.07, 6.45) is 1.64. The largest absolute Gasteiger partial charge is 0.495 e. The van der Waals surface area contributed by atoms with Gasteiger partial charge in [0, 0.05) is 36.4 Å². The molecule has 4 N–H and O–H groups in total. The van der Waals surface area contributed by atoms with Gasteiger partial charge in [0.2, 0.25) is 0 Å². The molecular weight excluding hydrogens is 246 g/mol. The third-order valence-electron chi connectivity index (χ3n) is 3.07. The van der Waals surface area contributed by atoms with E-state index in [1.165, 1.54) is 0 Å². The van der Waals surface area contributed by atoms with Crippen LogP contribution >= 0.6 is 11.8 Å². The van der Waals surface area contributed by atoms with Crippen LogP contribution in [0.5, 0.6) is 5.75 Å². The highest BCUT2D eigenvalue weighted by Crippen LogP contribution is 2.32. The molecular formula is C13H19N3OS. The van der Waals surface area contributed by atoms with Crippen molar-refractivity contribution in [3.8, 4) is 5.75 Å². The van der Waals surface area contributed by atoms with E-state index in [9.17, 15) is 0 Å². The van der Waals surface area contributed by atoms with Crippen molar-refractivity contribution < 1.29 is 4.74 Å². The maximum absolute atomic E-state index is 6.12. The number of thioether (sulfide) groups is 1. The zero-order valence-electron chi connectivity index (χ0n) is 10.6. The first-order valence-electron chi connectivity index (χ1n) is 5.95. The van der Waals surface area contributed by atoms with E-state index in [1.54, 1.807) is 13.3 Å². The van der Waals surface area contributed by atoms with Crippen LogP contribution in [-0.2, 0) is 0 Å². The fourth-order valence-corrected chi connectivity index (χ4v) is 3.02. The first-order valence-corrected chi connectivity index (χ1v) is 7.11. The van der Waals surface area contributed by atoms with Crippen LogP contribution in [0, 0.1) is 0 Å². The Kier molecular flexibility index (Phi) is 4.25. The molecule has 0 saturated carbocycles. The standard InChI is InChI=1S/C13H19N3OS/c1-17-12-4-2-3-10(13(12)15)11(9-14)16-5-7-18-8-6-16/h2-4,9H,5-8,14-15H2,1H3/b11-9+. The monoisotopic (exact) mass is 265 g/mol. The molecule has 1 saturated heterocycles. The highest BCUT2D eigenvalue weighted by atomic mass is 32.2. The van der Waals surface area contributed by atoms with Crippen LogP contribution in [0.1, 0.15) is 5.56 Å². The van der Waals surface area contributed by atoms with E-state index in [-0.39, 0.29) is 0 Å². The molecule has 1 fully saturated rings. The first kappa shape index (κ1) is 13.0. The third-order valence-corrected chi connectivity index (χ3v) is 4.01. The molecule has 98 valence electrons. The summed E-state index contributed by atoms with van der Waals surface area (Å²) in [4.78, 5) is 2.28. The number of rotatable bonds is 3. The summed E-state index contributed by atoms with van der Waals surface area (Å²) in [5.74, 6) is 2.95. The molecule has 4 nitrogen and oxygen atoms in total. The van der Waals surface area contributed by atoms with Crippen molar-refractivity contribution in [2.75, 3.05) is 37.4 Å². The van der Waals surface area contributed by atoms with Crippen molar-refractivity contribution in [1.82, 2.24) is 4.90 Å². The smallest absolute Gasteiger partial charge is 0.142 e. The average molecular weight is 265 g/mol. The van der Waals surface area contributed by atoms with Gasteiger partial charge in [0.1, 0.15) is 5.75 Å². The van der Waals surface area contributed by atoms with Gasteiger partial charge < -0.3 is 21.1 Å². The van der Waals surface area contributed by atoms with Crippen molar-refractivity contribution in [3.63, 3.8) is 0 Å². The molecule has 0 radical (unpaired) electrons. The Morgan fingerprint density at radius 2 is 2.11 bits per heavy atom. The van der Waals surface area contributed by atoms with Crippen molar-refractivity contribution in [1.29, 1.82) is 0 Å². The number of anilines is 1. The quantitative estimate of drug-likeness (QED) is 0.812. The molecule has 1 aliphatic heterocycles. The summed E-state index contributed by atoms with van der Waals surface area (Å²) in [5, 5.41) is 0. The molecule has 1 heterocycles. The van der Waals surface area contributed by atoms with Gasteiger partial charge in [-0.2, -0.15) is 11.8 Å². The Hall–Kier alpha value is -1.49. The second-order valence-corrected chi connectivity index (χ2v) is 5.30. The molecule has 0 amide bonds. The van der Waals surface area contributed by atoms with E-state index >= 15 is 0 Å². The topological polar surface area (TPSA) is 64.5 Å². The van der Waals surface area contributed by atoms with Gasteiger partial charge in [-0.25, -0.2) is 0 Å². The van der Waals surface area contributed by atoms with Crippen molar-refractivity contribution in [2.45, 2.75) is 0 Å². The fourth-order valence-electron chi connectivity index (χ4n) is 2.12. The van der Waals surface area contributed by atoms with Gasteiger partial charge in [-0.3, -0.25) is 0 Å². The number of nitrogens with zero attached hydrogens (tertiary/aromatic N) is 1. The highest BCUT2D eigenvalue weighted by molar-refractivity contribution is 7.99. The van der Waals surface area contributed by atoms with E-state index in [2.05, 4.69) is 4.90 Å². The van der Waals surface area contributed by atoms with Gasteiger partial charge >= 0.3 is 0 Å². The summed E-state index contributed by atoms with van der Waals surface area (Å²) < 4.78 is 5.25. The number of hydrogen-bond donors (Lipinski definition) is 2. The molecule has 0 bridgehead atoms.